The molecule has 1 heterocycles. The molecule has 1 N–H and O–H groups in total. The van der Waals surface area contributed by atoms with Gasteiger partial charge in [0.2, 0.25) is 0 Å². The summed E-state index contributed by atoms with van der Waals surface area (Å²) in [5.41, 5.74) is -4.14. The van der Waals surface area contributed by atoms with Crippen LogP contribution in [0.2, 0.25) is 0 Å². The van der Waals surface area contributed by atoms with Gasteiger partial charge in [-0.15, -0.1) is 0 Å². The number of hydrogen-bond acceptors (Lipinski definition) is 5. The molecule has 1 atom stereocenters. The van der Waals surface area contributed by atoms with Crippen molar-refractivity contribution < 1.29 is 37.5 Å². The lowest BCUT2D eigenvalue weighted by Gasteiger charge is -2.27. The van der Waals surface area contributed by atoms with E-state index < -0.39 is 59.2 Å². The van der Waals surface area contributed by atoms with Gasteiger partial charge in [0, 0.05) is 19.2 Å². The molecule has 1 aromatic carbocycles. The molecule has 0 bridgehead atoms. The standard InChI is InChI=1S/C15H15F3N2O6/c1-2-26-9-3-4-11(20(24)25)10(7-9)12(21)19-6-5-14(8-19,13(22)23)15(16,17)18/h3-4,7H,2,5-6,8H2,1H3,(H,22,23). The van der Waals surface area contributed by atoms with Crippen LogP contribution in [-0.4, -0.2) is 52.7 Å². The molecule has 1 aliphatic rings. The lowest BCUT2D eigenvalue weighted by Crippen LogP contribution is -2.47. The first kappa shape index (κ1) is 19.5. The molecule has 1 unspecified atom stereocenters. The number of carbonyl (C=O) groups is 2. The second-order valence-electron chi connectivity index (χ2n) is 5.73. The SMILES string of the molecule is CCOc1ccc([N+](=O)[O-])c(C(=O)N2CCC(C(=O)O)(C(F)(F)F)C2)c1. The van der Waals surface area contributed by atoms with Crippen LogP contribution in [0.4, 0.5) is 18.9 Å². The van der Waals surface area contributed by atoms with E-state index in [1.807, 2.05) is 0 Å². The predicted molar refractivity (Wildman–Crippen MR) is 80.9 cm³/mol. The summed E-state index contributed by atoms with van der Waals surface area (Å²) < 4.78 is 44.9. The van der Waals surface area contributed by atoms with Gasteiger partial charge in [-0.05, 0) is 25.5 Å². The van der Waals surface area contributed by atoms with Gasteiger partial charge in [0.25, 0.3) is 11.6 Å². The maximum Gasteiger partial charge on any atom is 0.406 e. The number of alkyl halides is 3. The molecule has 1 fully saturated rings. The highest BCUT2D eigenvalue weighted by Gasteiger charge is 2.64. The Labute approximate surface area is 145 Å². The largest absolute Gasteiger partial charge is 0.494 e. The van der Waals surface area contributed by atoms with Crippen LogP contribution in [0.15, 0.2) is 18.2 Å². The highest BCUT2D eigenvalue weighted by molar-refractivity contribution is 5.99. The highest BCUT2D eigenvalue weighted by Crippen LogP contribution is 2.46. The van der Waals surface area contributed by atoms with E-state index in [2.05, 4.69) is 0 Å². The summed E-state index contributed by atoms with van der Waals surface area (Å²) in [7, 11) is 0. The zero-order valence-electron chi connectivity index (χ0n) is 13.6. The molecule has 1 aliphatic heterocycles. The van der Waals surface area contributed by atoms with Crippen molar-refractivity contribution in [2.45, 2.75) is 19.5 Å². The van der Waals surface area contributed by atoms with E-state index >= 15 is 0 Å². The fourth-order valence-electron chi connectivity index (χ4n) is 2.78. The number of carbonyl (C=O) groups excluding carboxylic acids is 1. The average molecular weight is 376 g/mol. The second-order valence-corrected chi connectivity index (χ2v) is 5.73. The van der Waals surface area contributed by atoms with Crippen molar-refractivity contribution in [3.05, 3.63) is 33.9 Å². The Bertz CT molecular complexity index is 751. The molecular weight excluding hydrogens is 361 g/mol. The number of rotatable bonds is 5. The molecule has 11 heteroatoms. The van der Waals surface area contributed by atoms with Crippen molar-refractivity contribution in [1.82, 2.24) is 4.90 Å². The Morgan fingerprint density at radius 1 is 1.42 bits per heavy atom. The number of benzene rings is 1. The van der Waals surface area contributed by atoms with Crippen LogP contribution in [0.3, 0.4) is 0 Å². The third kappa shape index (κ3) is 3.28. The number of nitro benzene ring substituents is 1. The van der Waals surface area contributed by atoms with Crippen molar-refractivity contribution in [1.29, 1.82) is 0 Å². The van der Waals surface area contributed by atoms with Gasteiger partial charge in [-0.1, -0.05) is 0 Å². The number of hydrogen-bond donors (Lipinski definition) is 1. The number of carboxylic acid groups (broad SMARTS) is 1. The molecule has 0 spiro atoms. The number of ether oxygens (including phenoxy) is 1. The fraction of sp³-hybridized carbons (Fsp3) is 0.467. The van der Waals surface area contributed by atoms with Gasteiger partial charge in [-0.2, -0.15) is 13.2 Å². The lowest BCUT2D eigenvalue weighted by atomic mass is 9.86. The first-order valence-electron chi connectivity index (χ1n) is 7.54. The number of aliphatic carboxylic acids is 1. The van der Waals surface area contributed by atoms with Crippen LogP contribution < -0.4 is 4.74 Å². The molecule has 0 radical (unpaired) electrons. The molecule has 0 saturated carbocycles. The number of nitro groups is 1. The van der Waals surface area contributed by atoms with Gasteiger partial charge in [0.05, 0.1) is 11.5 Å². The van der Waals surface area contributed by atoms with Crippen LogP contribution in [0.25, 0.3) is 0 Å². The molecule has 8 nitrogen and oxygen atoms in total. The third-order valence-electron chi connectivity index (χ3n) is 4.21. The Hall–Kier alpha value is -2.85. The third-order valence-corrected chi connectivity index (χ3v) is 4.21. The summed E-state index contributed by atoms with van der Waals surface area (Å²) in [6.45, 7) is 0.265. The highest BCUT2D eigenvalue weighted by atomic mass is 19.4. The fourth-order valence-corrected chi connectivity index (χ4v) is 2.78. The lowest BCUT2D eigenvalue weighted by molar-refractivity contribution is -0.385. The van der Waals surface area contributed by atoms with E-state index in [-0.39, 0.29) is 12.4 Å². The van der Waals surface area contributed by atoms with E-state index in [1.54, 1.807) is 6.92 Å². The Morgan fingerprint density at radius 3 is 2.54 bits per heavy atom. The summed E-state index contributed by atoms with van der Waals surface area (Å²) in [6, 6.07) is 3.35. The minimum absolute atomic E-state index is 0.140. The molecule has 26 heavy (non-hydrogen) atoms. The van der Waals surface area contributed by atoms with Crippen molar-refractivity contribution in [2.75, 3.05) is 19.7 Å². The molecule has 1 saturated heterocycles. The van der Waals surface area contributed by atoms with Crippen molar-refractivity contribution in [2.24, 2.45) is 5.41 Å². The zero-order valence-corrected chi connectivity index (χ0v) is 13.6. The summed E-state index contributed by atoms with van der Waals surface area (Å²) in [5.74, 6) is -3.00. The predicted octanol–water partition coefficient (Wildman–Crippen LogP) is 2.47. The molecule has 0 aliphatic carbocycles. The van der Waals surface area contributed by atoms with E-state index in [9.17, 15) is 32.9 Å². The topological polar surface area (TPSA) is 110 Å². The normalized spacial score (nSPS) is 20.1. The molecule has 0 aromatic heterocycles. The molecule has 1 amide bonds. The van der Waals surface area contributed by atoms with Crippen LogP contribution in [0.5, 0.6) is 5.75 Å². The van der Waals surface area contributed by atoms with Crippen molar-refractivity contribution in [3.8, 4) is 5.75 Å². The summed E-state index contributed by atoms with van der Waals surface area (Å²) >= 11 is 0. The van der Waals surface area contributed by atoms with Crippen molar-refractivity contribution in [3.63, 3.8) is 0 Å². The van der Waals surface area contributed by atoms with Crippen LogP contribution in [0, 0.1) is 15.5 Å². The molecular formula is C15H15F3N2O6. The van der Waals surface area contributed by atoms with Crippen LogP contribution >= 0.6 is 0 Å². The molecule has 142 valence electrons. The van der Waals surface area contributed by atoms with Gasteiger partial charge in [0.1, 0.15) is 11.3 Å². The summed E-state index contributed by atoms with van der Waals surface area (Å²) in [5, 5.41) is 20.2. The first-order valence-corrected chi connectivity index (χ1v) is 7.54. The number of likely N-dealkylation sites (tertiary alicyclic amines) is 1. The average Bonchev–Trinajstić information content (AvgIpc) is 3.01. The Kier molecular flexibility index (Phi) is 5.10. The summed E-state index contributed by atoms with van der Waals surface area (Å²) in [6.07, 6.45) is -5.89. The molecule has 1 aromatic rings. The van der Waals surface area contributed by atoms with Crippen molar-refractivity contribution >= 4 is 17.6 Å². The monoisotopic (exact) mass is 376 g/mol. The van der Waals surface area contributed by atoms with Gasteiger partial charge in [-0.25, -0.2) is 0 Å². The maximum atomic E-state index is 13.2. The van der Waals surface area contributed by atoms with E-state index in [4.69, 9.17) is 9.84 Å². The van der Waals surface area contributed by atoms with Gasteiger partial charge in [-0.3, -0.25) is 19.7 Å². The minimum Gasteiger partial charge on any atom is -0.494 e. The van der Waals surface area contributed by atoms with Crippen LogP contribution in [0.1, 0.15) is 23.7 Å². The van der Waals surface area contributed by atoms with Crippen LogP contribution in [-0.2, 0) is 4.79 Å². The van der Waals surface area contributed by atoms with E-state index in [0.29, 0.717) is 4.90 Å². The van der Waals surface area contributed by atoms with E-state index in [1.165, 1.54) is 6.07 Å². The number of carboxylic acids is 1. The Balaban J connectivity index is 2.39. The van der Waals surface area contributed by atoms with Gasteiger partial charge >= 0.3 is 12.1 Å². The zero-order chi connectivity index (χ0) is 19.7. The smallest absolute Gasteiger partial charge is 0.406 e. The quantitative estimate of drug-likeness (QED) is 0.624. The number of halogens is 3. The molecule has 2 rings (SSSR count). The maximum absolute atomic E-state index is 13.2. The summed E-state index contributed by atoms with van der Waals surface area (Å²) in [4.78, 5) is 34.7. The second kappa shape index (κ2) is 6.81. The number of amides is 1. The Morgan fingerprint density at radius 2 is 2.08 bits per heavy atom. The minimum atomic E-state index is -5.06. The van der Waals surface area contributed by atoms with Gasteiger partial charge in [0.15, 0.2) is 5.41 Å². The van der Waals surface area contributed by atoms with E-state index in [0.717, 1.165) is 12.1 Å². The van der Waals surface area contributed by atoms with Gasteiger partial charge < -0.3 is 14.7 Å². The number of nitrogens with zero attached hydrogens (tertiary/aromatic N) is 2. The first-order chi connectivity index (χ1) is 12.0.